The number of hydrogen-bond donors (Lipinski definition) is 1. The molecule has 0 aromatic rings. The molecule has 0 aromatic carbocycles. The van der Waals surface area contributed by atoms with Crippen molar-refractivity contribution < 1.29 is 0 Å². The highest BCUT2D eigenvalue weighted by Crippen LogP contribution is 2.29. The molecule has 0 aliphatic carbocycles. The summed E-state index contributed by atoms with van der Waals surface area (Å²) in [6.45, 7) is 12.8. The van der Waals surface area contributed by atoms with Crippen molar-refractivity contribution in [2.24, 2.45) is 11.3 Å². The molecule has 1 fully saturated rings. The summed E-state index contributed by atoms with van der Waals surface area (Å²) in [6.07, 6.45) is 2.70. The molecule has 1 rings (SSSR count). The van der Waals surface area contributed by atoms with Gasteiger partial charge in [0.25, 0.3) is 0 Å². The molecule has 0 spiro atoms. The smallest absolute Gasteiger partial charge is 0.0197 e. The van der Waals surface area contributed by atoms with E-state index < -0.39 is 0 Å². The maximum Gasteiger partial charge on any atom is 0.0197 e. The molecule has 2 unspecified atom stereocenters. The zero-order valence-electron chi connectivity index (χ0n) is 11.1. The van der Waals surface area contributed by atoms with E-state index in [0.29, 0.717) is 11.5 Å². The van der Waals surface area contributed by atoms with Crippen molar-refractivity contribution in [3.05, 3.63) is 0 Å². The van der Waals surface area contributed by atoms with Crippen LogP contribution in [0.2, 0.25) is 0 Å². The summed E-state index contributed by atoms with van der Waals surface area (Å²) in [5.41, 5.74) is 0.472. The van der Waals surface area contributed by atoms with Gasteiger partial charge < -0.3 is 10.2 Å². The van der Waals surface area contributed by atoms with E-state index in [1.54, 1.807) is 0 Å². The average Bonchev–Trinajstić information content (AvgIpc) is 1.99. The first-order valence-corrected chi connectivity index (χ1v) is 6.32. The molecule has 2 heteroatoms. The molecular formula is C13H28N2. The minimum absolute atomic E-state index is 0.472. The highest BCUT2D eigenvalue weighted by molar-refractivity contribution is 4.84. The Labute approximate surface area is 95.4 Å². The number of nitrogens with zero attached hydrogens (tertiary/aromatic N) is 1. The lowest BCUT2D eigenvalue weighted by molar-refractivity contribution is 0.136. The minimum atomic E-state index is 0.472. The molecular weight excluding hydrogens is 184 g/mol. The Bertz CT molecular complexity index is 183. The van der Waals surface area contributed by atoms with Crippen molar-refractivity contribution in [3.63, 3.8) is 0 Å². The Morgan fingerprint density at radius 2 is 1.93 bits per heavy atom. The van der Waals surface area contributed by atoms with Crippen molar-refractivity contribution >= 4 is 0 Å². The van der Waals surface area contributed by atoms with E-state index in [-0.39, 0.29) is 0 Å². The van der Waals surface area contributed by atoms with Crippen LogP contribution in [0.4, 0.5) is 0 Å². The third-order valence-corrected chi connectivity index (χ3v) is 3.11. The van der Waals surface area contributed by atoms with Crippen LogP contribution in [0.5, 0.6) is 0 Å². The molecule has 15 heavy (non-hydrogen) atoms. The zero-order chi connectivity index (χ0) is 11.5. The molecule has 0 aromatic heterocycles. The maximum atomic E-state index is 3.59. The van der Waals surface area contributed by atoms with Gasteiger partial charge in [0.15, 0.2) is 0 Å². The van der Waals surface area contributed by atoms with Crippen LogP contribution in [0, 0.1) is 11.3 Å². The lowest BCUT2D eigenvalue weighted by Gasteiger charge is -2.38. The fraction of sp³-hybridized carbons (Fsp3) is 1.00. The van der Waals surface area contributed by atoms with Gasteiger partial charge in [-0.3, -0.25) is 0 Å². The summed E-state index contributed by atoms with van der Waals surface area (Å²) < 4.78 is 0. The van der Waals surface area contributed by atoms with Gasteiger partial charge in [-0.15, -0.1) is 0 Å². The van der Waals surface area contributed by atoms with E-state index in [2.05, 4.69) is 45.0 Å². The molecule has 1 saturated heterocycles. The van der Waals surface area contributed by atoms with E-state index in [1.165, 1.54) is 25.9 Å². The standard InChI is InChI=1S/C13H28N2/c1-6-14-12-7-11(8-13(2,3)4)9-15(5)10-12/h11-12,14H,6-10H2,1-5H3. The van der Waals surface area contributed by atoms with Crippen LogP contribution < -0.4 is 5.32 Å². The van der Waals surface area contributed by atoms with E-state index in [0.717, 1.165) is 12.5 Å². The second-order valence-corrected chi connectivity index (χ2v) is 6.34. The predicted molar refractivity (Wildman–Crippen MR) is 67.1 cm³/mol. The maximum absolute atomic E-state index is 3.59. The van der Waals surface area contributed by atoms with Gasteiger partial charge in [-0.25, -0.2) is 0 Å². The van der Waals surface area contributed by atoms with Crippen LogP contribution in [-0.2, 0) is 0 Å². The van der Waals surface area contributed by atoms with Crippen molar-refractivity contribution in [2.75, 3.05) is 26.7 Å². The fourth-order valence-electron chi connectivity index (χ4n) is 2.89. The van der Waals surface area contributed by atoms with Gasteiger partial charge in [-0.1, -0.05) is 27.7 Å². The summed E-state index contributed by atoms with van der Waals surface area (Å²) in [6, 6.07) is 0.709. The number of piperidine rings is 1. The van der Waals surface area contributed by atoms with Gasteiger partial charge in [-0.05, 0) is 37.8 Å². The lowest BCUT2D eigenvalue weighted by atomic mass is 9.80. The summed E-state index contributed by atoms with van der Waals surface area (Å²) in [7, 11) is 2.25. The second kappa shape index (κ2) is 5.31. The molecule has 90 valence electrons. The van der Waals surface area contributed by atoms with E-state index >= 15 is 0 Å². The Morgan fingerprint density at radius 1 is 1.27 bits per heavy atom. The van der Waals surface area contributed by atoms with E-state index in [4.69, 9.17) is 0 Å². The number of likely N-dealkylation sites (tertiary alicyclic amines) is 1. The predicted octanol–water partition coefficient (Wildman–Crippen LogP) is 2.35. The monoisotopic (exact) mass is 212 g/mol. The normalized spacial score (nSPS) is 29.4. The SMILES string of the molecule is CCNC1CC(CC(C)(C)C)CN(C)C1. The van der Waals surface area contributed by atoms with Gasteiger partial charge >= 0.3 is 0 Å². The first-order valence-electron chi connectivity index (χ1n) is 6.32. The Balaban J connectivity index is 2.44. The first-order chi connectivity index (χ1) is 6.90. The molecule has 0 amide bonds. The average molecular weight is 212 g/mol. The van der Waals surface area contributed by atoms with Crippen LogP contribution >= 0.6 is 0 Å². The molecule has 0 bridgehead atoms. The molecule has 1 heterocycles. The number of nitrogens with one attached hydrogen (secondary N) is 1. The number of hydrogen-bond acceptors (Lipinski definition) is 2. The molecule has 0 radical (unpaired) electrons. The van der Waals surface area contributed by atoms with Gasteiger partial charge in [0.05, 0.1) is 0 Å². The summed E-state index contributed by atoms with van der Waals surface area (Å²) in [5, 5.41) is 3.59. The van der Waals surface area contributed by atoms with Gasteiger partial charge in [0.1, 0.15) is 0 Å². The Hall–Kier alpha value is -0.0800. The molecule has 1 aliphatic rings. The highest BCUT2D eigenvalue weighted by atomic mass is 15.1. The van der Waals surface area contributed by atoms with Crippen molar-refractivity contribution in [1.82, 2.24) is 10.2 Å². The number of likely N-dealkylation sites (N-methyl/N-ethyl adjacent to an activating group) is 2. The largest absolute Gasteiger partial charge is 0.313 e. The van der Waals surface area contributed by atoms with E-state index in [1.807, 2.05) is 0 Å². The molecule has 2 atom stereocenters. The van der Waals surface area contributed by atoms with Crippen LogP contribution in [0.1, 0.15) is 40.5 Å². The van der Waals surface area contributed by atoms with Crippen LogP contribution in [0.25, 0.3) is 0 Å². The third kappa shape index (κ3) is 4.98. The van der Waals surface area contributed by atoms with Gasteiger partial charge in [0, 0.05) is 19.1 Å². The van der Waals surface area contributed by atoms with Crippen molar-refractivity contribution in [2.45, 2.75) is 46.6 Å². The second-order valence-electron chi connectivity index (χ2n) is 6.34. The third-order valence-electron chi connectivity index (χ3n) is 3.11. The van der Waals surface area contributed by atoms with Crippen molar-refractivity contribution in [3.8, 4) is 0 Å². The zero-order valence-corrected chi connectivity index (χ0v) is 11.1. The van der Waals surface area contributed by atoms with Gasteiger partial charge in [0.2, 0.25) is 0 Å². The van der Waals surface area contributed by atoms with Crippen LogP contribution in [0.15, 0.2) is 0 Å². The minimum Gasteiger partial charge on any atom is -0.313 e. The molecule has 0 saturated carbocycles. The summed E-state index contributed by atoms with van der Waals surface area (Å²) in [4.78, 5) is 2.48. The first kappa shape index (κ1) is 13.0. The summed E-state index contributed by atoms with van der Waals surface area (Å²) in [5.74, 6) is 0.868. The molecule has 1 N–H and O–H groups in total. The Kier molecular flexibility index (Phi) is 4.60. The highest BCUT2D eigenvalue weighted by Gasteiger charge is 2.27. The summed E-state index contributed by atoms with van der Waals surface area (Å²) >= 11 is 0. The Morgan fingerprint density at radius 3 is 2.47 bits per heavy atom. The van der Waals surface area contributed by atoms with Crippen molar-refractivity contribution in [1.29, 1.82) is 0 Å². The van der Waals surface area contributed by atoms with Gasteiger partial charge in [-0.2, -0.15) is 0 Å². The van der Waals surface area contributed by atoms with E-state index in [9.17, 15) is 0 Å². The number of rotatable bonds is 3. The van der Waals surface area contributed by atoms with Crippen LogP contribution in [-0.4, -0.2) is 37.6 Å². The molecule has 1 aliphatic heterocycles. The topological polar surface area (TPSA) is 15.3 Å². The molecule has 2 nitrogen and oxygen atoms in total. The lowest BCUT2D eigenvalue weighted by Crippen LogP contribution is -2.48. The van der Waals surface area contributed by atoms with Crippen LogP contribution in [0.3, 0.4) is 0 Å². The fourth-order valence-corrected chi connectivity index (χ4v) is 2.89. The quantitative estimate of drug-likeness (QED) is 0.772.